The number of primary sulfonamides is 1. The van der Waals surface area contributed by atoms with Crippen LogP contribution in [0.15, 0.2) is 23.1 Å². The molecule has 0 aliphatic carbocycles. The maximum absolute atomic E-state index is 12.3. The van der Waals surface area contributed by atoms with E-state index in [0.29, 0.717) is 13.1 Å². The maximum atomic E-state index is 12.3. The summed E-state index contributed by atoms with van der Waals surface area (Å²) in [4.78, 5) is 24.5. The molecule has 0 bridgehead atoms. The summed E-state index contributed by atoms with van der Waals surface area (Å²) in [5, 5.41) is 7.62. The van der Waals surface area contributed by atoms with Crippen molar-refractivity contribution in [2.24, 2.45) is 5.14 Å². The molecule has 0 unspecified atom stereocenters. The first-order valence-corrected chi connectivity index (χ1v) is 7.99. The van der Waals surface area contributed by atoms with E-state index in [4.69, 9.17) is 5.14 Å². The summed E-state index contributed by atoms with van der Waals surface area (Å²) in [7, 11) is -4.09. The van der Waals surface area contributed by atoms with E-state index >= 15 is 0 Å². The number of nitrogens with one attached hydrogen (secondary N) is 1. The van der Waals surface area contributed by atoms with Crippen LogP contribution < -0.4 is 10.5 Å². The van der Waals surface area contributed by atoms with Gasteiger partial charge >= 0.3 is 0 Å². The van der Waals surface area contributed by atoms with Crippen LogP contribution in [-0.2, 0) is 14.8 Å². The predicted molar refractivity (Wildman–Crippen MR) is 79.4 cm³/mol. The first-order chi connectivity index (χ1) is 9.70. The van der Waals surface area contributed by atoms with Gasteiger partial charge in [0, 0.05) is 25.7 Å². The zero-order chi connectivity index (χ0) is 16.2. The highest BCUT2D eigenvalue weighted by Crippen LogP contribution is 2.21. The summed E-state index contributed by atoms with van der Waals surface area (Å²) < 4.78 is 23.4. The minimum atomic E-state index is -4.09. The number of carbonyl (C=O) groups excluding carboxylic acids is 2. The molecule has 0 radical (unpaired) electrons. The van der Waals surface area contributed by atoms with Crippen LogP contribution in [0.2, 0.25) is 0 Å². The molecule has 7 nitrogen and oxygen atoms in total. The highest BCUT2D eigenvalue weighted by Gasteiger charge is 2.23. The Balaban J connectivity index is 3.39. The molecule has 1 rings (SSSR count). The lowest BCUT2D eigenvalue weighted by atomic mass is 10.1. The van der Waals surface area contributed by atoms with Crippen molar-refractivity contribution >= 4 is 27.5 Å². The van der Waals surface area contributed by atoms with Gasteiger partial charge in [0.15, 0.2) is 0 Å². The molecule has 8 heteroatoms. The molecular formula is C13H19N3O4S. The fourth-order valence-corrected chi connectivity index (χ4v) is 2.65. The largest absolute Gasteiger partial charge is 0.339 e. The first-order valence-electron chi connectivity index (χ1n) is 6.44. The van der Waals surface area contributed by atoms with Gasteiger partial charge in [-0.2, -0.15) is 0 Å². The van der Waals surface area contributed by atoms with E-state index in [-0.39, 0.29) is 22.1 Å². The Morgan fingerprint density at radius 3 is 2.24 bits per heavy atom. The zero-order valence-corrected chi connectivity index (χ0v) is 13.0. The van der Waals surface area contributed by atoms with Crippen molar-refractivity contribution in [3.05, 3.63) is 23.8 Å². The highest BCUT2D eigenvalue weighted by molar-refractivity contribution is 7.89. The highest BCUT2D eigenvalue weighted by atomic mass is 32.2. The van der Waals surface area contributed by atoms with Crippen LogP contribution in [0.1, 0.15) is 31.1 Å². The number of benzene rings is 1. The van der Waals surface area contributed by atoms with Gasteiger partial charge in [-0.05, 0) is 32.0 Å². The van der Waals surface area contributed by atoms with Crippen LogP contribution >= 0.6 is 0 Å². The van der Waals surface area contributed by atoms with Gasteiger partial charge in [0.2, 0.25) is 15.9 Å². The fourth-order valence-electron chi connectivity index (χ4n) is 1.90. The molecule has 0 saturated heterocycles. The molecule has 0 fully saturated rings. The number of anilines is 1. The lowest BCUT2D eigenvalue weighted by molar-refractivity contribution is -0.114. The van der Waals surface area contributed by atoms with Crippen molar-refractivity contribution in [1.82, 2.24) is 4.90 Å². The smallest absolute Gasteiger partial charge is 0.255 e. The molecule has 0 saturated carbocycles. The van der Waals surface area contributed by atoms with E-state index in [0.717, 1.165) is 0 Å². The number of hydrogen-bond donors (Lipinski definition) is 2. The molecular weight excluding hydrogens is 294 g/mol. The Morgan fingerprint density at radius 1 is 1.24 bits per heavy atom. The van der Waals surface area contributed by atoms with Crippen LogP contribution in [0.4, 0.5) is 5.69 Å². The quantitative estimate of drug-likeness (QED) is 0.836. The van der Waals surface area contributed by atoms with Gasteiger partial charge in [-0.15, -0.1) is 0 Å². The summed E-state index contributed by atoms with van der Waals surface area (Å²) in [6.07, 6.45) is 0. The minimum absolute atomic E-state index is 0.00435. The van der Waals surface area contributed by atoms with Gasteiger partial charge in [0.25, 0.3) is 5.91 Å². The van der Waals surface area contributed by atoms with Gasteiger partial charge in [-0.1, -0.05) is 0 Å². The third kappa shape index (κ3) is 4.27. The maximum Gasteiger partial charge on any atom is 0.255 e. The van der Waals surface area contributed by atoms with Gasteiger partial charge in [-0.25, -0.2) is 13.6 Å². The molecule has 1 aromatic carbocycles. The monoisotopic (exact) mass is 313 g/mol. The Hall–Kier alpha value is -1.93. The summed E-state index contributed by atoms with van der Waals surface area (Å²) in [5.74, 6) is -0.767. The fraction of sp³-hybridized carbons (Fsp3) is 0.385. The third-order valence-corrected chi connectivity index (χ3v) is 3.84. The molecule has 1 aromatic rings. The lowest BCUT2D eigenvalue weighted by Gasteiger charge is -2.20. The van der Waals surface area contributed by atoms with Crippen molar-refractivity contribution in [1.29, 1.82) is 0 Å². The van der Waals surface area contributed by atoms with Crippen molar-refractivity contribution in [3.8, 4) is 0 Å². The average molecular weight is 313 g/mol. The minimum Gasteiger partial charge on any atom is -0.339 e. The van der Waals surface area contributed by atoms with E-state index in [2.05, 4.69) is 5.32 Å². The summed E-state index contributed by atoms with van der Waals surface area (Å²) in [6, 6.07) is 4.01. The molecule has 0 spiro atoms. The van der Waals surface area contributed by atoms with E-state index in [1.54, 1.807) is 13.8 Å². The number of amides is 2. The summed E-state index contributed by atoms with van der Waals surface area (Å²) in [6.45, 7) is 5.79. The van der Waals surface area contributed by atoms with Crippen LogP contribution in [0.3, 0.4) is 0 Å². The molecule has 3 N–H and O–H groups in total. The SMILES string of the molecule is CCN(CC)C(=O)c1ccc(NC(C)=O)cc1S(N)(=O)=O. The predicted octanol–water partition coefficient (Wildman–Crippen LogP) is 0.774. The number of nitrogens with two attached hydrogens (primary N) is 1. The van der Waals surface area contributed by atoms with Crippen molar-refractivity contribution in [2.75, 3.05) is 18.4 Å². The normalized spacial score (nSPS) is 11.0. The third-order valence-electron chi connectivity index (χ3n) is 2.89. The van der Waals surface area contributed by atoms with E-state index in [1.807, 2.05) is 0 Å². The number of carbonyl (C=O) groups is 2. The van der Waals surface area contributed by atoms with E-state index in [1.165, 1.54) is 30.0 Å². The van der Waals surface area contributed by atoms with E-state index < -0.39 is 15.9 Å². The molecule has 2 amide bonds. The molecule has 116 valence electrons. The average Bonchev–Trinajstić information content (AvgIpc) is 2.38. The standard InChI is InChI=1S/C13H19N3O4S/c1-4-16(5-2)13(18)11-7-6-10(15-9(3)17)8-12(11)21(14,19)20/h6-8H,4-5H2,1-3H3,(H,15,17)(H2,14,19,20). The van der Waals surface area contributed by atoms with Gasteiger partial charge < -0.3 is 10.2 Å². The first kappa shape index (κ1) is 17.1. The summed E-state index contributed by atoms with van der Waals surface area (Å²) in [5.41, 5.74) is 0.262. The molecule has 0 aromatic heterocycles. The molecule has 0 heterocycles. The number of hydrogen-bond acceptors (Lipinski definition) is 4. The molecule has 0 atom stereocenters. The lowest BCUT2D eigenvalue weighted by Crippen LogP contribution is -2.32. The number of sulfonamides is 1. The molecule has 0 aliphatic rings. The van der Waals surface area contributed by atoms with Crippen LogP contribution in [0, 0.1) is 0 Å². The second-order valence-electron chi connectivity index (χ2n) is 4.41. The van der Waals surface area contributed by atoms with Crippen LogP contribution in [-0.4, -0.2) is 38.2 Å². The van der Waals surface area contributed by atoms with Crippen LogP contribution in [0.5, 0.6) is 0 Å². The topological polar surface area (TPSA) is 110 Å². The van der Waals surface area contributed by atoms with Crippen LogP contribution in [0.25, 0.3) is 0 Å². The Bertz CT molecular complexity index is 651. The van der Waals surface area contributed by atoms with Crippen molar-refractivity contribution in [3.63, 3.8) is 0 Å². The Kier molecular flexibility index (Phi) is 5.45. The van der Waals surface area contributed by atoms with Crippen molar-refractivity contribution in [2.45, 2.75) is 25.7 Å². The van der Waals surface area contributed by atoms with Gasteiger partial charge in [0.1, 0.15) is 0 Å². The second-order valence-corrected chi connectivity index (χ2v) is 5.94. The zero-order valence-electron chi connectivity index (χ0n) is 12.2. The van der Waals surface area contributed by atoms with Crippen molar-refractivity contribution < 1.29 is 18.0 Å². The van der Waals surface area contributed by atoms with Gasteiger partial charge in [0.05, 0.1) is 10.5 Å². The molecule has 0 aliphatic heterocycles. The number of nitrogens with zero attached hydrogens (tertiary/aromatic N) is 1. The second kappa shape index (κ2) is 6.68. The Labute approximate surface area is 124 Å². The van der Waals surface area contributed by atoms with E-state index in [9.17, 15) is 18.0 Å². The molecule has 21 heavy (non-hydrogen) atoms. The Morgan fingerprint density at radius 2 is 1.81 bits per heavy atom. The number of rotatable bonds is 5. The van der Waals surface area contributed by atoms with Gasteiger partial charge in [-0.3, -0.25) is 9.59 Å². The summed E-state index contributed by atoms with van der Waals surface area (Å²) >= 11 is 0.